The van der Waals surface area contributed by atoms with E-state index in [0.717, 1.165) is 12.0 Å². The molecule has 8 heteroatoms. The van der Waals surface area contributed by atoms with Crippen LogP contribution in [-0.4, -0.2) is 52.1 Å². The Morgan fingerprint density at radius 2 is 1.90 bits per heavy atom. The summed E-state index contributed by atoms with van der Waals surface area (Å²) in [7, 11) is -3.78. The summed E-state index contributed by atoms with van der Waals surface area (Å²) in [6, 6.07) is 15.8. The fourth-order valence-electron chi connectivity index (χ4n) is 3.03. The van der Waals surface area contributed by atoms with Crippen molar-refractivity contribution in [2.45, 2.75) is 24.3 Å². The molecule has 1 saturated heterocycles. The van der Waals surface area contributed by atoms with Crippen LogP contribution < -0.4 is 9.46 Å². The quantitative estimate of drug-likeness (QED) is 0.711. The van der Waals surface area contributed by atoms with Crippen LogP contribution in [0, 0.1) is 0 Å². The molecule has 7 nitrogen and oxygen atoms in total. The summed E-state index contributed by atoms with van der Waals surface area (Å²) < 4.78 is 38.6. The summed E-state index contributed by atoms with van der Waals surface area (Å²) in [6.45, 7) is 3.52. The average Bonchev–Trinajstić information content (AvgIpc) is 2.77. The number of nitrogens with zero attached hydrogens (tertiary/aromatic N) is 1. The first-order chi connectivity index (χ1) is 14.0. The van der Waals surface area contributed by atoms with E-state index in [2.05, 4.69) is 4.72 Å². The summed E-state index contributed by atoms with van der Waals surface area (Å²) in [5.74, 6) is 0.336. The molecule has 29 heavy (non-hydrogen) atoms. The topological polar surface area (TPSA) is 84.9 Å². The van der Waals surface area contributed by atoms with Gasteiger partial charge in [0.1, 0.15) is 11.9 Å². The normalized spacial score (nSPS) is 17.1. The van der Waals surface area contributed by atoms with E-state index in [4.69, 9.17) is 9.47 Å². The van der Waals surface area contributed by atoms with Gasteiger partial charge < -0.3 is 14.4 Å². The van der Waals surface area contributed by atoms with Crippen molar-refractivity contribution < 1.29 is 22.7 Å². The van der Waals surface area contributed by atoms with Gasteiger partial charge in [-0.05, 0) is 36.2 Å². The van der Waals surface area contributed by atoms with Gasteiger partial charge in [0.05, 0.1) is 31.2 Å². The number of rotatable bonds is 8. The number of hydrogen-bond acceptors (Lipinski definition) is 5. The maximum Gasteiger partial charge on any atom is 0.241 e. The van der Waals surface area contributed by atoms with Gasteiger partial charge in [0.25, 0.3) is 0 Å². The number of benzene rings is 2. The summed E-state index contributed by atoms with van der Waals surface area (Å²) in [6.07, 6.45) is 0.664. The molecule has 156 valence electrons. The predicted molar refractivity (Wildman–Crippen MR) is 109 cm³/mol. The molecule has 2 aromatic rings. The Morgan fingerprint density at radius 3 is 2.59 bits per heavy atom. The Bertz CT molecular complexity index is 900. The molecule has 2 aromatic carbocycles. The Hall–Kier alpha value is -2.42. The first-order valence-electron chi connectivity index (χ1n) is 9.66. The van der Waals surface area contributed by atoms with E-state index >= 15 is 0 Å². The van der Waals surface area contributed by atoms with Crippen LogP contribution in [0.3, 0.4) is 0 Å². The first kappa shape index (κ1) is 21.3. The van der Waals surface area contributed by atoms with Crippen molar-refractivity contribution in [2.24, 2.45) is 0 Å². The zero-order chi connectivity index (χ0) is 20.7. The molecule has 1 amide bonds. The van der Waals surface area contributed by atoms with Crippen molar-refractivity contribution in [3.8, 4) is 5.75 Å². The van der Waals surface area contributed by atoms with Gasteiger partial charge in [-0.2, -0.15) is 0 Å². The minimum Gasteiger partial charge on any atom is -0.494 e. The highest BCUT2D eigenvalue weighted by atomic mass is 32.2. The molecule has 1 heterocycles. The standard InChI is InChI=1S/C21H26N2O5S/c1-2-13-27-18-8-10-19(11-9-18)29(25,26)22-15-21(24)23-12-14-28-20(16-23)17-6-4-3-5-7-17/h3-11,20,22H,2,12-16H2,1H3. The fourth-order valence-corrected chi connectivity index (χ4v) is 4.01. The number of amides is 1. The van der Waals surface area contributed by atoms with Gasteiger partial charge in [-0.15, -0.1) is 0 Å². The number of morpholine rings is 1. The highest BCUT2D eigenvalue weighted by molar-refractivity contribution is 7.89. The van der Waals surface area contributed by atoms with E-state index in [9.17, 15) is 13.2 Å². The molecule has 1 aliphatic rings. The maximum atomic E-state index is 12.5. The monoisotopic (exact) mass is 418 g/mol. The van der Waals surface area contributed by atoms with E-state index in [1.165, 1.54) is 12.1 Å². The molecule has 1 unspecified atom stereocenters. The maximum absolute atomic E-state index is 12.5. The number of nitrogens with one attached hydrogen (secondary N) is 1. The van der Waals surface area contributed by atoms with Crippen molar-refractivity contribution in [1.82, 2.24) is 9.62 Å². The lowest BCUT2D eigenvalue weighted by Crippen LogP contribution is -2.46. The molecular formula is C21H26N2O5S. The van der Waals surface area contributed by atoms with Crippen molar-refractivity contribution >= 4 is 15.9 Å². The van der Waals surface area contributed by atoms with Gasteiger partial charge >= 0.3 is 0 Å². The molecule has 1 atom stereocenters. The smallest absolute Gasteiger partial charge is 0.241 e. The van der Waals surface area contributed by atoms with Crippen LogP contribution in [0.1, 0.15) is 25.0 Å². The largest absolute Gasteiger partial charge is 0.494 e. The molecule has 0 aromatic heterocycles. The summed E-state index contributed by atoms with van der Waals surface area (Å²) in [5, 5.41) is 0. The summed E-state index contributed by atoms with van der Waals surface area (Å²) in [5.41, 5.74) is 0.996. The molecule has 0 spiro atoms. The van der Waals surface area contributed by atoms with Crippen molar-refractivity contribution in [3.63, 3.8) is 0 Å². The Labute approximate surface area is 171 Å². The summed E-state index contributed by atoms with van der Waals surface area (Å²) in [4.78, 5) is 14.3. The van der Waals surface area contributed by atoms with Crippen molar-refractivity contribution in [2.75, 3.05) is 32.8 Å². The lowest BCUT2D eigenvalue weighted by Gasteiger charge is -2.33. The number of hydrogen-bond donors (Lipinski definition) is 1. The molecule has 0 radical (unpaired) electrons. The second-order valence-electron chi connectivity index (χ2n) is 6.75. The minimum absolute atomic E-state index is 0.0956. The van der Waals surface area contributed by atoms with E-state index in [1.807, 2.05) is 37.3 Å². The van der Waals surface area contributed by atoms with Gasteiger partial charge in [0, 0.05) is 6.54 Å². The van der Waals surface area contributed by atoms with Gasteiger partial charge in [0.15, 0.2) is 0 Å². The molecule has 1 fully saturated rings. The average molecular weight is 419 g/mol. The van der Waals surface area contributed by atoms with Crippen LogP contribution in [0.15, 0.2) is 59.5 Å². The van der Waals surface area contributed by atoms with Crippen LogP contribution in [0.5, 0.6) is 5.75 Å². The molecule has 1 aliphatic heterocycles. The third-order valence-corrected chi connectivity index (χ3v) is 6.03. The fraction of sp³-hybridized carbons (Fsp3) is 0.381. The van der Waals surface area contributed by atoms with E-state index < -0.39 is 10.0 Å². The van der Waals surface area contributed by atoms with Crippen LogP contribution in [0.4, 0.5) is 0 Å². The number of carbonyl (C=O) groups excluding carboxylic acids is 1. The predicted octanol–water partition coefficient (Wildman–Crippen LogP) is 2.35. The third-order valence-electron chi connectivity index (χ3n) is 4.61. The first-order valence-corrected chi connectivity index (χ1v) is 11.1. The van der Waals surface area contributed by atoms with Gasteiger partial charge in [-0.1, -0.05) is 37.3 Å². The Kier molecular flexibility index (Phi) is 7.24. The second kappa shape index (κ2) is 9.87. The second-order valence-corrected chi connectivity index (χ2v) is 8.52. The van der Waals surface area contributed by atoms with Gasteiger partial charge in [-0.25, -0.2) is 13.1 Å². The lowest BCUT2D eigenvalue weighted by atomic mass is 10.1. The Morgan fingerprint density at radius 1 is 1.17 bits per heavy atom. The van der Waals surface area contributed by atoms with E-state index in [0.29, 0.717) is 32.1 Å². The van der Waals surface area contributed by atoms with Crippen LogP contribution in [0.2, 0.25) is 0 Å². The highest BCUT2D eigenvalue weighted by Gasteiger charge is 2.26. The SMILES string of the molecule is CCCOc1ccc(S(=O)(=O)NCC(=O)N2CCOC(c3ccccc3)C2)cc1. The summed E-state index contributed by atoms with van der Waals surface area (Å²) >= 11 is 0. The molecule has 3 rings (SSSR count). The molecule has 0 saturated carbocycles. The Balaban J connectivity index is 1.56. The van der Waals surface area contributed by atoms with Crippen molar-refractivity contribution in [3.05, 3.63) is 60.2 Å². The van der Waals surface area contributed by atoms with Gasteiger partial charge in [0.2, 0.25) is 15.9 Å². The van der Waals surface area contributed by atoms with Crippen LogP contribution in [0.25, 0.3) is 0 Å². The zero-order valence-electron chi connectivity index (χ0n) is 16.4. The number of sulfonamides is 1. The third kappa shape index (κ3) is 5.79. The molecule has 0 aliphatic carbocycles. The van der Waals surface area contributed by atoms with E-state index in [-0.39, 0.29) is 23.5 Å². The molecule has 1 N–H and O–H groups in total. The van der Waals surface area contributed by atoms with Crippen LogP contribution >= 0.6 is 0 Å². The lowest BCUT2D eigenvalue weighted by molar-refractivity contribution is -0.137. The molecule has 0 bridgehead atoms. The number of ether oxygens (including phenoxy) is 2. The minimum atomic E-state index is -3.78. The zero-order valence-corrected chi connectivity index (χ0v) is 17.2. The number of carbonyl (C=O) groups is 1. The van der Waals surface area contributed by atoms with E-state index in [1.54, 1.807) is 17.0 Å². The highest BCUT2D eigenvalue weighted by Crippen LogP contribution is 2.22. The van der Waals surface area contributed by atoms with Crippen molar-refractivity contribution in [1.29, 1.82) is 0 Å². The van der Waals surface area contributed by atoms with Crippen LogP contribution in [-0.2, 0) is 19.6 Å². The molecular weight excluding hydrogens is 392 g/mol. The van der Waals surface area contributed by atoms with Gasteiger partial charge in [-0.3, -0.25) is 4.79 Å².